The Balaban J connectivity index is 2.56. The molecule has 0 saturated heterocycles. The fraction of sp³-hybridized carbons (Fsp3) is 0.462. The molecular formula is C13H19N5O. The lowest BCUT2D eigenvalue weighted by Gasteiger charge is -2.18. The van der Waals surface area contributed by atoms with E-state index in [-0.39, 0.29) is 6.04 Å². The van der Waals surface area contributed by atoms with E-state index in [1.807, 2.05) is 13.8 Å². The van der Waals surface area contributed by atoms with Crippen LogP contribution in [-0.4, -0.2) is 32.9 Å². The highest BCUT2D eigenvalue weighted by atomic mass is 16.5. The molecule has 102 valence electrons. The molecule has 0 atom stereocenters. The third kappa shape index (κ3) is 2.67. The Bertz CT molecular complexity index is 576. The molecule has 2 aromatic heterocycles. The van der Waals surface area contributed by atoms with Gasteiger partial charge in [-0.1, -0.05) is 0 Å². The fourth-order valence-electron chi connectivity index (χ4n) is 1.86. The molecule has 0 aliphatic heterocycles. The molecule has 0 aromatic carbocycles. The molecule has 6 nitrogen and oxygen atoms in total. The maximum absolute atomic E-state index is 5.32. The molecule has 0 unspecified atom stereocenters. The zero-order valence-corrected chi connectivity index (χ0v) is 11.9. The van der Waals surface area contributed by atoms with E-state index in [0.717, 1.165) is 22.8 Å². The smallest absolute Gasteiger partial charge is 0.179 e. The molecule has 0 radical (unpaired) electrons. The predicted octanol–water partition coefficient (Wildman–Crippen LogP) is 2.11. The van der Waals surface area contributed by atoms with Crippen LogP contribution in [0.15, 0.2) is 12.5 Å². The van der Waals surface area contributed by atoms with Crippen molar-refractivity contribution in [1.82, 2.24) is 19.7 Å². The van der Waals surface area contributed by atoms with Gasteiger partial charge in [0, 0.05) is 11.6 Å². The summed E-state index contributed by atoms with van der Waals surface area (Å²) in [6.07, 6.45) is 3.36. The van der Waals surface area contributed by atoms with Crippen molar-refractivity contribution in [2.45, 2.75) is 33.7 Å². The predicted molar refractivity (Wildman–Crippen MR) is 73.9 cm³/mol. The summed E-state index contributed by atoms with van der Waals surface area (Å²) in [6.45, 7) is 8.01. The van der Waals surface area contributed by atoms with Crippen LogP contribution in [0, 0.1) is 13.8 Å². The third-order valence-electron chi connectivity index (χ3n) is 2.75. The average molecular weight is 261 g/mol. The zero-order valence-electron chi connectivity index (χ0n) is 11.9. The molecule has 0 spiro atoms. The minimum Gasteiger partial charge on any atom is -0.495 e. The number of anilines is 1. The summed E-state index contributed by atoms with van der Waals surface area (Å²) in [6, 6.07) is 0.288. The Morgan fingerprint density at radius 2 is 2.00 bits per heavy atom. The molecule has 0 bridgehead atoms. The van der Waals surface area contributed by atoms with E-state index in [0.29, 0.717) is 5.82 Å². The van der Waals surface area contributed by atoms with Gasteiger partial charge in [-0.3, -0.25) is 0 Å². The monoisotopic (exact) mass is 261 g/mol. The molecule has 0 saturated carbocycles. The number of pyridine rings is 1. The van der Waals surface area contributed by atoms with Crippen LogP contribution >= 0.6 is 0 Å². The van der Waals surface area contributed by atoms with E-state index in [4.69, 9.17) is 4.74 Å². The van der Waals surface area contributed by atoms with Crippen molar-refractivity contribution in [2.75, 3.05) is 12.4 Å². The molecule has 2 aromatic rings. The Kier molecular flexibility index (Phi) is 3.69. The maximum Gasteiger partial charge on any atom is 0.179 e. The number of nitrogens with zero attached hydrogens (tertiary/aromatic N) is 4. The Morgan fingerprint density at radius 1 is 1.26 bits per heavy atom. The number of methoxy groups -OCH3 is 1. The second-order valence-corrected chi connectivity index (χ2v) is 4.69. The van der Waals surface area contributed by atoms with Gasteiger partial charge in [-0.2, -0.15) is 5.10 Å². The lowest BCUT2D eigenvalue weighted by atomic mass is 10.2. The standard InChI is InChI=1S/C13H19N5O/c1-8(2)16-12-9(3)11(19-5)6-14-13(12)18-7-15-10(4)17-18/h6-8,16H,1-5H3. The van der Waals surface area contributed by atoms with E-state index in [2.05, 4.69) is 34.2 Å². The van der Waals surface area contributed by atoms with Crippen LogP contribution in [0.25, 0.3) is 5.82 Å². The summed E-state index contributed by atoms with van der Waals surface area (Å²) in [5, 5.41) is 7.70. The van der Waals surface area contributed by atoms with Crippen molar-refractivity contribution < 1.29 is 4.74 Å². The van der Waals surface area contributed by atoms with Crippen molar-refractivity contribution in [3.05, 3.63) is 23.9 Å². The van der Waals surface area contributed by atoms with Crippen molar-refractivity contribution in [3.63, 3.8) is 0 Å². The molecule has 2 heterocycles. The minimum absolute atomic E-state index is 0.288. The van der Waals surface area contributed by atoms with E-state index < -0.39 is 0 Å². The number of hydrogen-bond donors (Lipinski definition) is 1. The Hall–Kier alpha value is -2.11. The van der Waals surface area contributed by atoms with Crippen LogP contribution in [0.1, 0.15) is 25.2 Å². The van der Waals surface area contributed by atoms with Crippen LogP contribution in [-0.2, 0) is 0 Å². The summed E-state index contributed by atoms with van der Waals surface area (Å²) < 4.78 is 6.99. The van der Waals surface area contributed by atoms with E-state index in [1.165, 1.54) is 0 Å². The first-order valence-corrected chi connectivity index (χ1v) is 6.21. The first kappa shape index (κ1) is 13.3. The number of ether oxygens (including phenoxy) is 1. The lowest BCUT2D eigenvalue weighted by molar-refractivity contribution is 0.409. The van der Waals surface area contributed by atoms with Crippen LogP contribution < -0.4 is 10.1 Å². The van der Waals surface area contributed by atoms with Crippen LogP contribution in [0.3, 0.4) is 0 Å². The fourth-order valence-corrected chi connectivity index (χ4v) is 1.86. The van der Waals surface area contributed by atoms with Crippen LogP contribution in [0.2, 0.25) is 0 Å². The van der Waals surface area contributed by atoms with Gasteiger partial charge in [-0.25, -0.2) is 14.6 Å². The Labute approximate surface area is 112 Å². The second kappa shape index (κ2) is 5.26. The van der Waals surface area contributed by atoms with Crippen molar-refractivity contribution in [3.8, 4) is 11.6 Å². The summed E-state index contributed by atoms with van der Waals surface area (Å²) in [5.74, 6) is 2.20. The third-order valence-corrected chi connectivity index (χ3v) is 2.75. The molecule has 0 amide bonds. The summed E-state index contributed by atoms with van der Waals surface area (Å²) in [7, 11) is 1.64. The SMILES string of the molecule is COc1cnc(-n2cnc(C)n2)c(NC(C)C)c1C. The molecule has 6 heteroatoms. The second-order valence-electron chi connectivity index (χ2n) is 4.69. The normalized spacial score (nSPS) is 10.8. The quantitative estimate of drug-likeness (QED) is 0.913. The molecule has 0 fully saturated rings. The van der Waals surface area contributed by atoms with Gasteiger partial charge >= 0.3 is 0 Å². The lowest BCUT2D eigenvalue weighted by Crippen LogP contribution is -2.15. The average Bonchev–Trinajstić information content (AvgIpc) is 2.78. The number of aromatic nitrogens is 4. The van der Waals surface area contributed by atoms with Gasteiger partial charge in [0.1, 0.15) is 17.9 Å². The number of aryl methyl sites for hydroxylation is 1. The van der Waals surface area contributed by atoms with Gasteiger partial charge in [-0.05, 0) is 27.7 Å². The summed E-state index contributed by atoms with van der Waals surface area (Å²) >= 11 is 0. The Morgan fingerprint density at radius 3 is 2.53 bits per heavy atom. The summed E-state index contributed by atoms with van der Waals surface area (Å²) in [5.41, 5.74) is 1.92. The van der Waals surface area contributed by atoms with E-state index in [9.17, 15) is 0 Å². The molecule has 0 aliphatic rings. The zero-order chi connectivity index (χ0) is 14.0. The van der Waals surface area contributed by atoms with Crippen LogP contribution in [0.4, 0.5) is 5.69 Å². The van der Waals surface area contributed by atoms with Crippen molar-refractivity contribution in [1.29, 1.82) is 0 Å². The van der Waals surface area contributed by atoms with Gasteiger partial charge < -0.3 is 10.1 Å². The van der Waals surface area contributed by atoms with E-state index >= 15 is 0 Å². The number of nitrogens with one attached hydrogen (secondary N) is 1. The molecule has 0 aliphatic carbocycles. The van der Waals surface area contributed by atoms with Gasteiger partial charge in [0.05, 0.1) is 19.0 Å². The number of hydrogen-bond acceptors (Lipinski definition) is 5. The topological polar surface area (TPSA) is 64.9 Å². The van der Waals surface area contributed by atoms with E-state index in [1.54, 1.807) is 24.3 Å². The first-order chi connectivity index (χ1) is 9.02. The van der Waals surface area contributed by atoms with Crippen molar-refractivity contribution in [2.24, 2.45) is 0 Å². The van der Waals surface area contributed by atoms with Gasteiger partial charge in [0.25, 0.3) is 0 Å². The molecular weight excluding hydrogens is 242 g/mol. The molecule has 2 rings (SSSR count). The minimum atomic E-state index is 0.288. The van der Waals surface area contributed by atoms with Crippen LogP contribution in [0.5, 0.6) is 5.75 Å². The van der Waals surface area contributed by atoms with Gasteiger partial charge in [0.15, 0.2) is 5.82 Å². The highest BCUT2D eigenvalue weighted by molar-refractivity contribution is 5.65. The summed E-state index contributed by atoms with van der Waals surface area (Å²) in [4.78, 5) is 8.56. The highest BCUT2D eigenvalue weighted by Gasteiger charge is 2.15. The number of rotatable bonds is 4. The maximum atomic E-state index is 5.32. The van der Waals surface area contributed by atoms with Gasteiger partial charge in [0.2, 0.25) is 0 Å². The van der Waals surface area contributed by atoms with Crippen molar-refractivity contribution >= 4 is 5.69 Å². The highest BCUT2D eigenvalue weighted by Crippen LogP contribution is 2.29. The molecule has 1 N–H and O–H groups in total. The molecule has 19 heavy (non-hydrogen) atoms. The van der Waals surface area contributed by atoms with Gasteiger partial charge in [-0.15, -0.1) is 0 Å². The largest absolute Gasteiger partial charge is 0.495 e. The first-order valence-electron chi connectivity index (χ1n) is 6.21.